The molecule has 0 aliphatic heterocycles. The molecule has 2 aromatic heterocycles. The highest BCUT2D eigenvalue weighted by molar-refractivity contribution is 5.92. The zero-order valence-corrected chi connectivity index (χ0v) is 9.19. The number of aromatic nitrogens is 4. The SMILES string of the molecule is O=C(O)c1ccccc1-n1nnc2cccnc21. The van der Waals surface area contributed by atoms with E-state index < -0.39 is 5.97 Å². The van der Waals surface area contributed by atoms with Gasteiger partial charge in [-0.25, -0.2) is 9.78 Å². The molecule has 88 valence electrons. The Bertz CT molecular complexity index is 736. The molecule has 0 aliphatic carbocycles. The van der Waals surface area contributed by atoms with Crippen molar-refractivity contribution in [3.63, 3.8) is 0 Å². The first-order chi connectivity index (χ1) is 8.77. The first-order valence-corrected chi connectivity index (χ1v) is 5.26. The summed E-state index contributed by atoms with van der Waals surface area (Å²) >= 11 is 0. The van der Waals surface area contributed by atoms with Gasteiger partial charge in [-0.3, -0.25) is 0 Å². The minimum Gasteiger partial charge on any atom is -0.478 e. The van der Waals surface area contributed by atoms with Crippen molar-refractivity contribution in [2.75, 3.05) is 0 Å². The number of carboxylic acid groups (broad SMARTS) is 1. The molecule has 1 aromatic carbocycles. The quantitative estimate of drug-likeness (QED) is 0.734. The number of carbonyl (C=O) groups is 1. The number of benzene rings is 1. The number of hydrogen-bond donors (Lipinski definition) is 1. The van der Waals surface area contributed by atoms with Gasteiger partial charge in [-0.05, 0) is 24.3 Å². The second-order valence-electron chi connectivity index (χ2n) is 3.67. The molecule has 0 aliphatic rings. The van der Waals surface area contributed by atoms with E-state index in [0.717, 1.165) is 0 Å². The van der Waals surface area contributed by atoms with Crippen LogP contribution < -0.4 is 0 Å². The van der Waals surface area contributed by atoms with Crippen LogP contribution in [0.15, 0.2) is 42.6 Å². The lowest BCUT2D eigenvalue weighted by molar-refractivity contribution is 0.0697. The third kappa shape index (κ3) is 1.51. The molecule has 0 saturated carbocycles. The molecule has 1 N–H and O–H groups in total. The van der Waals surface area contributed by atoms with E-state index in [4.69, 9.17) is 5.11 Å². The molecule has 0 bridgehead atoms. The number of rotatable bonds is 2. The van der Waals surface area contributed by atoms with Gasteiger partial charge in [-0.15, -0.1) is 5.10 Å². The molecule has 0 atom stereocenters. The van der Waals surface area contributed by atoms with Crippen molar-refractivity contribution in [1.82, 2.24) is 20.0 Å². The molecule has 6 nitrogen and oxygen atoms in total. The third-order valence-electron chi connectivity index (χ3n) is 2.57. The van der Waals surface area contributed by atoms with E-state index in [2.05, 4.69) is 15.3 Å². The largest absolute Gasteiger partial charge is 0.478 e. The van der Waals surface area contributed by atoms with E-state index in [1.807, 2.05) is 0 Å². The monoisotopic (exact) mass is 240 g/mol. The Kier molecular flexibility index (Phi) is 2.26. The highest BCUT2D eigenvalue weighted by Gasteiger charge is 2.14. The normalized spacial score (nSPS) is 10.7. The molecule has 3 aromatic rings. The smallest absolute Gasteiger partial charge is 0.337 e. The first kappa shape index (κ1) is 10.4. The Morgan fingerprint density at radius 2 is 2.00 bits per heavy atom. The van der Waals surface area contributed by atoms with Gasteiger partial charge in [-0.1, -0.05) is 17.3 Å². The predicted octanol–water partition coefficient (Wildman–Crippen LogP) is 1.51. The zero-order chi connectivity index (χ0) is 12.5. The standard InChI is InChI=1S/C12H8N4O2/c17-12(18)8-4-1-2-6-10(8)16-11-9(14-15-16)5-3-7-13-11/h1-7H,(H,17,18). The van der Waals surface area contributed by atoms with E-state index in [0.29, 0.717) is 16.9 Å². The van der Waals surface area contributed by atoms with Gasteiger partial charge < -0.3 is 5.11 Å². The summed E-state index contributed by atoms with van der Waals surface area (Å²) in [6.45, 7) is 0. The number of pyridine rings is 1. The molecule has 3 rings (SSSR count). The zero-order valence-electron chi connectivity index (χ0n) is 9.19. The van der Waals surface area contributed by atoms with Gasteiger partial charge in [-0.2, -0.15) is 4.68 Å². The van der Waals surface area contributed by atoms with Crippen LogP contribution in [0.2, 0.25) is 0 Å². The van der Waals surface area contributed by atoms with Crippen molar-refractivity contribution in [3.8, 4) is 5.69 Å². The van der Waals surface area contributed by atoms with Gasteiger partial charge in [0, 0.05) is 6.20 Å². The topological polar surface area (TPSA) is 80.9 Å². The van der Waals surface area contributed by atoms with Crippen LogP contribution in [0.25, 0.3) is 16.9 Å². The summed E-state index contributed by atoms with van der Waals surface area (Å²) in [5.74, 6) is -1.01. The summed E-state index contributed by atoms with van der Waals surface area (Å²) in [6, 6.07) is 10.1. The Labute approximate surface area is 102 Å². The molecule has 0 amide bonds. The van der Waals surface area contributed by atoms with Crippen molar-refractivity contribution in [2.45, 2.75) is 0 Å². The summed E-state index contributed by atoms with van der Waals surface area (Å²) in [6.07, 6.45) is 1.62. The summed E-state index contributed by atoms with van der Waals surface area (Å²) in [5.41, 5.74) is 1.77. The Hall–Kier alpha value is -2.76. The first-order valence-electron chi connectivity index (χ1n) is 5.26. The minimum absolute atomic E-state index is 0.162. The summed E-state index contributed by atoms with van der Waals surface area (Å²) < 4.78 is 1.43. The molecule has 0 fully saturated rings. The van der Waals surface area contributed by atoms with Gasteiger partial charge in [0.2, 0.25) is 0 Å². The molecule has 0 radical (unpaired) electrons. The summed E-state index contributed by atoms with van der Waals surface area (Å²) in [5, 5.41) is 17.1. The number of fused-ring (bicyclic) bond motifs is 1. The van der Waals surface area contributed by atoms with Crippen LogP contribution in [0.1, 0.15) is 10.4 Å². The molecule has 18 heavy (non-hydrogen) atoms. The van der Waals surface area contributed by atoms with E-state index >= 15 is 0 Å². The Balaban J connectivity index is 2.30. The average Bonchev–Trinajstić information content (AvgIpc) is 2.82. The second kappa shape index (κ2) is 3.92. The summed E-state index contributed by atoms with van der Waals surface area (Å²) in [7, 11) is 0. The lowest BCUT2D eigenvalue weighted by Crippen LogP contribution is -2.06. The molecule has 0 unspecified atom stereocenters. The molecule has 0 saturated heterocycles. The lowest BCUT2D eigenvalue weighted by atomic mass is 10.2. The van der Waals surface area contributed by atoms with Crippen molar-refractivity contribution in [1.29, 1.82) is 0 Å². The van der Waals surface area contributed by atoms with Gasteiger partial charge in [0.15, 0.2) is 5.65 Å². The number of aromatic carboxylic acids is 1. The van der Waals surface area contributed by atoms with Crippen LogP contribution in [0.3, 0.4) is 0 Å². The number of nitrogens with zero attached hydrogens (tertiary/aromatic N) is 4. The third-order valence-corrected chi connectivity index (χ3v) is 2.57. The van der Waals surface area contributed by atoms with Crippen molar-refractivity contribution < 1.29 is 9.90 Å². The molecular weight excluding hydrogens is 232 g/mol. The maximum atomic E-state index is 11.2. The van der Waals surface area contributed by atoms with E-state index in [1.165, 1.54) is 10.7 Å². The molecule has 2 heterocycles. The fraction of sp³-hybridized carbons (Fsp3) is 0. The van der Waals surface area contributed by atoms with Crippen LogP contribution in [0.4, 0.5) is 0 Å². The van der Waals surface area contributed by atoms with Gasteiger partial charge in [0.1, 0.15) is 5.52 Å². The minimum atomic E-state index is -1.01. The molecule has 0 spiro atoms. The highest BCUT2D eigenvalue weighted by atomic mass is 16.4. The van der Waals surface area contributed by atoms with Crippen LogP contribution in [-0.2, 0) is 0 Å². The molecular formula is C12H8N4O2. The Morgan fingerprint density at radius 3 is 2.83 bits per heavy atom. The van der Waals surface area contributed by atoms with E-state index in [1.54, 1.807) is 36.5 Å². The maximum absolute atomic E-state index is 11.2. The highest BCUT2D eigenvalue weighted by Crippen LogP contribution is 2.17. The van der Waals surface area contributed by atoms with Crippen LogP contribution in [0, 0.1) is 0 Å². The van der Waals surface area contributed by atoms with E-state index in [9.17, 15) is 4.79 Å². The van der Waals surface area contributed by atoms with Gasteiger partial charge >= 0.3 is 5.97 Å². The van der Waals surface area contributed by atoms with Gasteiger partial charge in [0.25, 0.3) is 0 Å². The fourth-order valence-electron chi connectivity index (χ4n) is 1.77. The number of hydrogen-bond acceptors (Lipinski definition) is 4. The van der Waals surface area contributed by atoms with Crippen molar-refractivity contribution in [3.05, 3.63) is 48.2 Å². The maximum Gasteiger partial charge on any atom is 0.337 e. The predicted molar refractivity (Wildman–Crippen MR) is 63.6 cm³/mol. The van der Waals surface area contributed by atoms with Crippen LogP contribution >= 0.6 is 0 Å². The lowest BCUT2D eigenvalue weighted by Gasteiger charge is -2.04. The number of para-hydroxylation sites is 1. The average molecular weight is 240 g/mol. The van der Waals surface area contributed by atoms with Gasteiger partial charge in [0.05, 0.1) is 11.3 Å². The molecule has 6 heteroatoms. The summed E-state index contributed by atoms with van der Waals surface area (Å²) in [4.78, 5) is 15.3. The Morgan fingerprint density at radius 1 is 1.17 bits per heavy atom. The van der Waals surface area contributed by atoms with Crippen molar-refractivity contribution in [2.24, 2.45) is 0 Å². The van der Waals surface area contributed by atoms with E-state index in [-0.39, 0.29) is 5.56 Å². The fourth-order valence-corrected chi connectivity index (χ4v) is 1.77. The van der Waals surface area contributed by atoms with Crippen LogP contribution in [0.5, 0.6) is 0 Å². The van der Waals surface area contributed by atoms with Crippen molar-refractivity contribution >= 4 is 17.1 Å². The second-order valence-corrected chi connectivity index (χ2v) is 3.67. The number of carboxylic acids is 1. The van der Waals surface area contributed by atoms with Crippen LogP contribution in [-0.4, -0.2) is 31.1 Å².